The summed E-state index contributed by atoms with van der Waals surface area (Å²) >= 11 is 0. The summed E-state index contributed by atoms with van der Waals surface area (Å²) < 4.78 is 14.4. The summed E-state index contributed by atoms with van der Waals surface area (Å²) in [4.78, 5) is 28.8. The van der Waals surface area contributed by atoms with E-state index >= 15 is 0 Å². The number of amides is 2. The van der Waals surface area contributed by atoms with Crippen LogP contribution in [0, 0.1) is 11.7 Å². The van der Waals surface area contributed by atoms with Gasteiger partial charge in [-0.05, 0) is 25.3 Å². The number of hydrogen-bond donors (Lipinski definition) is 0. The lowest BCUT2D eigenvalue weighted by Gasteiger charge is -2.40. The predicted molar refractivity (Wildman–Crippen MR) is 89.7 cm³/mol. The van der Waals surface area contributed by atoms with Gasteiger partial charge in [-0.1, -0.05) is 31.0 Å². The number of hydrogen-bond acceptors (Lipinski definition) is 2. The fourth-order valence-electron chi connectivity index (χ4n) is 3.96. The lowest BCUT2D eigenvalue weighted by atomic mass is 9.83. The van der Waals surface area contributed by atoms with Gasteiger partial charge < -0.3 is 9.80 Å². The summed E-state index contributed by atoms with van der Waals surface area (Å²) in [6, 6.07) is 5.98. The van der Waals surface area contributed by atoms with Crippen LogP contribution in [-0.4, -0.2) is 41.8 Å². The van der Waals surface area contributed by atoms with Crippen molar-refractivity contribution in [3.63, 3.8) is 0 Å². The molecule has 1 aromatic rings. The van der Waals surface area contributed by atoms with Crippen molar-refractivity contribution in [3.05, 3.63) is 35.6 Å². The van der Waals surface area contributed by atoms with Gasteiger partial charge in [0.05, 0.1) is 12.0 Å². The molecule has 2 heterocycles. The van der Waals surface area contributed by atoms with E-state index in [0.29, 0.717) is 18.4 Å². The molecule has 2 atom stereocenters. The highest BCUT2D eigenvalue weighted by Crippen LogP contribution is 2.38. The van der Waals surface area contributed by atoms with Gasteiger partial charge in [-0.2, -0.15) is 0 Å². The number of rotatable bonds is 2. The Morgan fingerprint density at radius 2 is 1.79 bits per heavy atom. The third-order valence-corrected chi connectivity index (χ3v) is 5.32. The van der Waals surface area contributed by atoms with Gasteiger partial charge in [0.2, 0.25) is 11.8 Å². The maximum atomic E-state index is 14.4. The highest BCUT2D eigenvalue weighted by atomic mass is 19.1. The smallest absolute Gasteiger partial charge is 0.228 e. The predicted octanol–water partition coefficient (Wildman–Crippen LogP) is 3.14. The van der Waals surface area contributed by atoms with Gasteiger partial charge in [-0.15, -0.1) is 0 Å². The Kier molecular flexibility index (Phi) is 5.17. The molecule has 0 bridgehead atoms. The third-order valence-electron chi connectivity index (χ3n) is 5.32. The quantitative estimate of drug-likeness (QED) is 0.835. The number of halogens is 1. The number of nitrogens with zero attached hydrogens (tertiary/aromatic N) is 2. The zero-order chi connectivity index (χ0) is 17.1. The largest absolute Gasteiger partial charge is 0.342 e. The molecule has 2 amide bonds. The summed E-state index contributed by atoms with van der Waals surface area (Å²) in [7, 11) is 1.68. The van der Waals surface area contributed by atoms with Crippen LogP contribution in [0.15, 0.2) is 24.3 Å². The normalized spacial score (nSPS) is 25.5. The van der Waals surface area contributed by atoms with E-state index in [1.165, 1.54) is 6.07 Å². The molecule has 2 aliphatic heterocycles. The first-order valence-electron chi connectivity index (χ1n) is 8.88. The first kappa shape index (κ1) is 16.9. The zero-order valence-electron chi connectivity index (χ0n) is 14.2. The average molecular weight is 332 g/mol. The molecule has 0 saturated carbocycles. The Morgan fingerprint density at radius 3 is 2.46 bits per heavy atom. The van der Waals surface area contributed by atoms with E-state index in [1.807, 2.05) is 4.90 Å². The van der Waals surface area contributed by atoms with E-state index in [0.717, 1.165) is 38.8 Å². The molecule has 3 rings (SSSR count). The molecule has 0 spiro atoms. The molecule has 2 aliphatic rings. The molecule has 0 aliphatic carbocycles. The van der Waals surface area contributed by atoms with Gasteiger partial charge in [-0.3, -0.25) is 9.59 Å². The Bertz CT molecular complexity index is 611. The van der Waals surface area contributed by atoms with Gasteiger partial charge in [0.15, 0.2) is 0 Å². The van der Waals surface area contributed by atoms with E-state index in [-0.39, 0.29) is 23.5 Å². The Morgan fingerprint density at radius 1 is 1.12 bits per heavy atom. The lowest BCUT2D eigenvalue weighted by Crippen LogP contribution is -2.48. The maximum absolute atomic E-state index is 14.4. The van der Waals surface area contributed by atoms with Crippen LogP contribution in [0.25, 0.3) is 0 Å². The van der Waals surface area contributed by atoms with Crippen molar-refractivity contribution < 1.29 is 14.0 Å². The standard InChI is InChI=1S/C19H25FN2O2/c1-21-17(23)11-10-15(18(21)14-8-4-5-9-16(14)20)19(24)22-12-6-2-3-7-13-22/h4-5,8-9,15,18H,2-3,6-7,10-13H2,1H3/t15-,18-/m1/s1. The third kappa shape index (κ3) is 3.30. The monoisotopic (exact) mass is 332 g/mol. The minimum absolute atomic E-state index is 0.0248. The van der Waals surface area contributed by atoms with Crippen LogP contribution in [-0.2, 0) is 9.59 Å². The van der Waals surface area contributed by atoms with Crippen LogP contribution in [0.2, 0.25) is 0 Å². The molecule has 4 nitrogen and oxygen atoms in total. The first-order chi connectivity index (χ1) is 11.6. The average Bonchev–Trinajstić information content (AvgIpc) is 2.87. The highest BCUT2D eigenvalue weighted by molar-refractivity contribution is 5.85. The Hall–Kier alpha value is -1.91. The van der Waals surface area contributed by atoms with Crippen molar-refractivity contribution >= 4 is 11.8 Å². The van der Waals surface area contributed by atoms with Crippen LogP contribution in [0.1, 0.15) is 50.1 Å². The molecule has 0 radical (unpaired) electrons. The highest BCUT2D eigenvalue weighted by Gasteiger charge is 2.41. The van der Waals surface area contributed by atoms with E-state index in [4.69, 9.17) is 0 Å². The molecule has 2 fully saturated rings. The topological polar surface area (TPSA) is 40.6 Å². The minimum atomic E-state index is -0.511. The Balaban J connectivity index is 1.90. The van der Waals surface area contributed by atoms with E-state index in [9.17, 15) is 14.0 Å². The molecule has 130 valence electrons. The summed E-state index contributed by atoms with van der Waals surface area (Å²) in [5, 5.41) is 0. The number of carbonyl (C=O) groups excluding carboxylic acids is 2. The first-order valence-corrected chi connectivity index (χ1v) is 8.88. The summed E-state index contributed by atoms with van der Waals surface area (Å²) in [5.74, 6) is -0.659. The van der Waals surface area contributed by atoms with Crippen LogP contribution < -0.4 is 0 Å². The van der Waals surface area contributed by atoms with Gasteiger partial charge >= 0.3 is 0 Å². The maximum Gasteiger partial charge on any atom is 0.228 e. The summed E-state index contributed by atoms with van der Waals surface area (Å²) in [5.41, 5.74) is 0.446. The Labute approximate surface area is 142 Å². The van der Waals surface area contributed by atoms with Gasteiger partial charge in [0, 0.05) is 32.1 Å². The fraction of sp³-hybridized carbons (Fsp3) is 0.579. The van der Waals surface area contributed by atoms with Crippen LogP contribution in [0.3, 0.4) is 0 Å². The number of likely N-dealkylation sites (tertiary alicyclic amines) is 2. The van der Waals surface area contributed by atoms with Crippen molar-refractivity contribution in [1.29, 1.82) is 0 Å². The molecular weight excluding hydrogens is 307 g/mol. The molecule has 0 aromatic heterocycles. The summed E-state index contributed by atoms with van der Waals surface area (Å²) in [6.07, 6.45) is 5.21. The van der Waals surface area contributed by atoms with Crippen LogP contribution in [0.5, 0.6) is 0 Å². The second-order valence-electron chi connectivity index (χ2n) is 6.86. The number of carbonyl (C=O) groups is 2. The second kappa shape index (κ2) is 7.32. The van der Waals surface area contributed by atoms with Crippen LogP contribution in [0.4, 0.5) is 4.39 Å². The fourth-order valence-corrected chi connectivity index (χ4v) is 3.96. The molecule has 0 N–H and O–H groups in total. The van der Waals surface area contributed by atoms with E-state index in [1.54, 1.807) is 30.1 Å². The molecule has 1 aromatic carbocycles. The van der Waals surface area contributed by atoms with Crippen molar-refractivity contribution in [2.24, 2.45) is 5.92 Å². The van der Waals surface area contributed by atoms with E-state index < -0.39 is 6.04 Å². The number of benzene rings is 1. The summed E-state index contributed by atoms with van der Waals surface area (Å²) in [6.45, 7) is 1.55. The minimum Gasteiger partial charge on any atom is -0.342 e. The second-order valence-corrected chi connectivity index (χ2v) is 6.86. The molecule has 24 heavy (non-hydrogen) atoms. The van der Waals surface area contributed by atoms with Gasteiger partial charge in [-0.25, -0.2) is 4.39 Å². The molecule has 0 unspecified atom stereocenters. The van der Waals surface area contributed by atoms with Gasteiger partial charge in [0.1, 0.15) is 5.82 Å². The van der Waals surface area contributed by atoms with E-state index in [2.05, 4.69) is 0 Å². The van der Waals surface area contributed by atoms with Gasteiger partial charge in [0.25, 0.3) is 0 Å². The molecular formula is C19H25FN2O2. The SMILES string of the molecule is CN1C(=O)CC[C@@H](C(=O)N2CCCCCC2)[C@H]1c1ccccc1F. The van der Waals surface area contributed by atoms with Crippen molar-refractivity contribution in [2.75, 3.05) is 20.1 Å². The van der Waals surface area contributed by atoms with Crippen molar-refractivity contribution in [2.45, 2.75) is 44.6 Å². The van der Waals surface area contributed by atoms with Crippen molar-refractivity contribution in [1.82, 2.24) is 9.80 Å². The van der Waals surface area contributed by atoms with Crippen molar-refractivity contribution in [3.8, 4) is 0 Å². The number of piperidine rings is 1. The molecule has 2 saturated heterocycles. The van der Waals surface area contributed by atoms with Crippen LogP contribution >= 0.6 is 0 Å². The lowest BCUT2D eigenvalue weighted by molar-refractivity contribution is -0.146. The zero-order valence-corrected chi connectivity index (χ0v) is 14.2. The molecule has 5 heteroatoms.